The smallest absolute Gasteiger partial charge is 0.142 e. The van der Waals surface area contributed by atoms with Crippen molar-refractivity contribution in [1.82, 2.24) is 15.1 Å². The molecule has 1 unspecified atom stereocenters. The van der Waals surface area contributed by atoms with Crippen molar-refractivity contribution in [2.45, 2.75) is 26.3 Å². The Bertz CT molecular complexity index is 642. The van der Waals surface area contributed by atoms with E-state index < -0.39 is 0 Å². The van der Waals surface area contributed by atoms with Crippen LogP contribution in [-0.2, 0) is 13.5 Å². The number of halogens is 3. The van der Waals surface area contributed by atoms with Crippen molar-refractivity contribution in [2.24, 2.45) is 7.05 Å². The van der Waals surface area contributed by atoms with Crippen LogP contribution in [0, 0.1) is 12.7 Å². The molecule has 6 heteroatoms. The second-order valence-electron chi connectivity index (χ2n) is 4.94. The van der Waals surface area contributed by atoms with Crippen LogP contribution in [0.5, 0.6) is 0 Å². The number of hydrogen-bond donors (Lipinski definition) is 1. The van der Waals surface area contributed by atoms with E-state index in [1.807, 2.05) is 19.9 Å². The molecule has 0 bridgehead atoms. The summed E-state index contributed by atoms with van der Waals surface area (Å²) < 4.78 is 16.5. The van der Waals surface area contributed by atoms with Gasteiger partial charge in [0.2, 0.25) is 0 Å². The van der Waals surface area contributed by atoms with E-state index in [1.165, 1.54) is 0 Å². The Morgan fingerprint density at radius 3 is 2.76 bits per heavy atom. The third kappa shape index (κ3) is 3.47. The van der Waals surface area contributed by atoms with Crippen molar-refractivity contribution in [3.8, 4) is 0 Å². The molecule has 21 heavy (non-hydrogen) atoms. The highest BCUT2D eigenvalue weighted by molar-refractivity contribution is 9.10. The Morgan fingerprint density at radius 2 is 2.19 bits per heavy atom. The molecule has 0 saturated heterocycles. The number of nitrogens with zero attached hydrogens (tertiary/aromatic N) is 2. The molecule has 2 aromatic rings. The number of rotatable bonds is 5. The Kier molecular flexibility index (Phi) is 5.41. The van der Waals surface area contributed by atoms with Gasteiger partial charge in [-0.2, -0.15) is 5.10 Å². The maximum absolute atomic E-state index is 14.3. The molecule has 1 heterocycles. The SMILES string of the molecule is CCNC(Cc1c(C)nn(C)c1Cl)c1cccc(Br)c1F. The van der Waals surface area contributed by atoms with E-state index in [0.29, 0.717) is 21.6 Å². The van der Waals surface area contributed by atoms with Crippen LogP contribution in [0.4, 0.5) is 4.39 Å². The molecule has 0 radical (unpaired) electrons. The number of hydrogen-bond acceptors (Lipinski definition) is 2. The maximum Gasteiger partial charge on any atom is 0.142 e. The first-order valence-corrected chi connectivity index (χ1v) is 7.98. The summed E-state index contributed by atoms with van der Waals surface area (Å²) in [6.45, 7) is 4.66. The Labute approximate surface area is 137 Å². The zero-order chi connectivity index (χ0) is 15.6. The molecule has 0 aliphatic heterocycles. The largest absolute Gasteiger partial charge is 0.310 e. The molecular weight excluding hydrogens is 357 g/mol. The monoisotopic (exact) mass is 373 g/mol. The fraction of sp³-hybridized carbons (Fsp3) is 0.400. The van der Waals surface area contributed by atoms with Crippen LogP contribution in [0.3, 0.4) is 0 Å². The highest BCUT2D eigenvalue weighted by atomic mass is 79.9. The lowest BCUT2D eigenvalue weighted by molar-refractivity contribution is 0.507. The summed E-state index contributed by atoms with van der Waals surface area (Å²) in [5.41, 5.74) is 2.45. The van der Waals surface area contributed by atoms with Crippen LogP contribution in [-0.4, -0.2) is 16.3 Å². The average molecular weight is 375 g/mol. The van der Waals surface area contributed by atoms with Crippen LogP contribution in [0.25, 0.3) is 0 Å². The summed E-state index contributed by atoms with van der Waals surface area (Å²) >= 11 is 9.53. The zero-order valence-corrected chi connectivity index (χ0v) is 14.6. The molecule has 0 spiro atoms. The molecular formula is C15H18BrClFN3. The van der Waals surface area contributed by atoms with Crippen molar-refractivity contribution < 1.29 is 4.39 Å². The lowest BCUT2D eigenvalue weighted by Gasteiger charge is -2.19. The predicted molar refractivity (Wildman–Crippen MR) is 87.2 cm³/mol. The van der Waals surface area contributed by atoms with Crippen LogP contribution in [0.2, 0.25) is 5.15 Å². The fourth-order valence-corrected chi connectivity index (χ4v) is 3.07. The topological polar surface area (TPSA) is 29.9 Å². The van der Waals surface area contributed by atoms with Gasteiger partial charge >= 0.3 is 0 Å². The number of benzene rings is 1. The highest BCUT2D eigenvalue weighted by Crippen LogP contribution is 2.29. The van der Waals surface area contributed by atoms with E-state index in [-0.39, 0.29) is 11.9 Å². The average Bonchev–Trinajstić information content (AvgIpc) is 2.68. The number of aryl methyl sites for hydroxylation is 2. The Morgan fingerprint density at radius 1 is 1.48 bits per heavy atom. The summed E-state index contributed by atoms with van der Waals surface area (Å²) in [6.07, 6.45) is 0.597. The molecule has 0 amide bonds. The van der Waals surface area contributed by atoms with Crippen molar-refractivity contribution in [2.75, 3.05) is 6.54 Å². The summed E-state index contributed by atoms with van der Waals surface area (Å²) in [7, 11) is 1.81. The van der Waals surface area contributed by atoms with E-state index in [2.05, 4.69) is 26.3 Å². The normalized spacial score (nSPS) is 12.7. The van der Waals surface area contributed by atoms with E-state index in [9.17, 15) is 4.39 Å². The van der Waals surface area contributed by atoms with E-state index in [1.54, 1.807) is 23.9 Å². The van der Waals surface area contributed by atoms with Gasteiger partial charge in [0.05, 0.1) is 10.2 Å². The van der Waals surface area contributed by atoms with E-state index >= 15 is 0 Å². The summed E-state index contributed by atoms with van der Waals surface area (Å²) in [5.74, 6) is -0.235. The highest BCUT2D eigenvalue weighted by Gasteiger charge is 2.21. The van der Waals surface area contributed by atoms with Crippen molar-refractivity contribution >= 4 is 27.5 Å². The van der Waals surface area contributed by atoms with Crippen molar-refractivity contribution in [1.29, 1.82) is 0 Å². The molecule has 0 aliphatic carbocycles. The first-order valence-electron chi connectivity index (χ1n) is 6.81. The first-order chi connectivity index (χ1) is 9.95. The summed E-state index contributed by atoms with van der Waals surface area (Å²) in [6, 6.07) is 5.19. The van der Waals surface area contributed by atoms with Crippen LogP contribution in [0.15, 0.2) is 22.7 Å². The van der Waals surface area contributed by atoms with Gasteiger partial charge in [-0.05, 0) is 41.9 Å². The van der Waals surface area contributed by atoms with Crippen molar-refractivity contribution in [3.05, 3.63) is 50.5 Å². The minimum absolute atomic E-state index is 0.145. The lowest BCUT2D eigenvalue weighted by atomic mass is 9.98. The maximum atomic E-state index is 14.3. The number of nitrogens with one attached hydrogen (secondary N) is 1. The minimum atomic E-state index is -0.235. The van der Waals surface area contributed by atoms with Gasteiger partial charge in [0.25, 0.3) is 0 Å². The molecule has 2 rings (SSSR count). The molecule has 0 aliphatic rings. The van der Waals surface area contributed by atoms with Gasteiger partial charge in [0.1, 0.15) is 11.0 Å². The van der Waals surface area contributed by atoms with Crippen LogP contribution in [0.1, 0.15) is 29.8 Å². The molecule has 3 nitrogen and oxygen atoms in total. The van der Waals surface area contributed by atoms with E-state index in [4.69, 9.17) is 11.6 Å². The third-order valence-corrected chi connectivity index (χ3v) is 4.57. The Hall–Kier alpha value is -0.910. The van der Waals surface area contributed by atoms with Gasteiger partial charge in [-0.1, -0.05) is 30.7 Å². The zero-order valence-electron chi connectivity index (χ0n) is 12.3. The molecule has 0 fully saturated rings. The predicted octanol–water partition coefficient (Wildman–Crippen LogP) is 4.18. The van der Waals surface area contributed by atoms with Gasteiger partial charge in [-0.3, -0.25) is 4.68 Å². The standard InChI is InChI=1S/C15H18BrClFN3/c1-4-19-13(10-6-5-7-12(16)14(10)18)8-11-9(2)20-21(3)15(11)17/h5-7,13,19H,4,8H2,1-3H3. The molecule has 1 atom stereocenters. The van der Waals surface area contributed by atoms with Crippen molar-refractivity contribution in [3.63, 3.8) is 0 Å². The fourth-order valence-electron chi connectivity index (χ4n) is 2.44. The number of aromatic nitrogens is 2. The van der Waals surface area contributed by atoms with Gasteiger partial charge in [-0.15, -0.1) is 0 Å². The van der Waals surface area contributed by atoms with Gasteiger partial charge in [-0.25, -0.2) is 4.39 Å². The van der Waals surface area contributed by atoms with E-state index in [0.717, 1.165) is 17.8 Å². The summed E-state index contributed by atoms with van der Waals surface area (Å²) in [4.78, 5) is 0. The molecule has 114 valence electrons. The second-order valence-corrected chi connectivity index (χ2v) is 6.15. The van der Waals surface area contributed by atoms with Gasteiger partial charge in [0.15, 0.2) is 0 Å². The molecule has 1 N–H and O–H groups in total. The molecule has 0 saturated carbocycles. The minimum Gasteiger partial charge on any atom is -0.310 e. The molecule has 1 aromatic carbocycles. The first kappa shape index (κ1) is 16.5. The lowest BCUT2D eigenvalue weighted by Crippen LogP contribution is -2.24. The number of likely N-dealkylation sites (N-methyl/N-ethyl adjacent to an activating group) is 1. The molecule has 1 aromatic heterocycles. The summed E-state index contributed by atoms with van der Waals surface area (Å²) in [5, 5.41) is 8.24. The van der Waals surface area contributed by atoms with Crippen LogP contribution >= 0.6 is 27.5 Å². The van der Waals surface area contributed by atoms with Gasteiger partial charge in [0, 0.05) is 24.2 Å². The second kappa shape index (κ2) is 6.90. The quantitative estimate of drug-likeness (QED) is 0.851. The third-order valence-electron chi connectivity index (χ3n) is 3.49. The van der Waals surface area contributed by atoms with Gasteiger partial charge < -0.3 is 5.32 Å². The Balaban J connectivity index is 2.38. The van der Waals surface area contributed by atoms with Crippen LogP contribution < -0.4 is 5.32 Å².